The van der Waals surface area contributed by atoms with E-state index in [1.807, 2.05) is 0 Å². The van der Waals surface area contributed by atoms with Gasteiger partial charge in [0.05, 0.1) is 16.1 Å². The zero-order valence-electron chi connectivity index (χ0n) is 15.2. The number of rotatable bonds is 6. The number of hydrogen-bond donors (Lipinski definition) is 1. The molecule has 1 heterocycles. The van der Waals surface area contributed by atoms with E-state index in [4.69, 9.17) is 0 Å². The minimum Gasteiger partial charge on any atom is -0.616 e. The average molecular weight is 426 g/mol. The highest BCUT2D eigenvalue weighted by molar-refractivity contribution is 7.90. The van der Waals surface area contributed by atoms with Crippen LogP contribution >= 0.6 is 0 Å². The van der Waals surface area contributed by atoms with Gasteiger partial charge in [-0.05, 0) is 30.2 Å². The molecule has 0 spiro atoms. The minimum atomic E-state index is -4.88. The van der Waals surface area contributed by atoms with E-state index in [9.17, 15) is 32.9 Å². The molecule has 0 bridgehead atoms. The van der Waals surface area contributed by atoms with Gasteiger partial charge in [0.25, 0.3) is 5.69 Å². The van der Waals surface area contributed by atoms with Gasteiger partial charge in [-0.25, -0.2) is 0 Å². The van der Waals surface area contributed by atoms with Gasteiger partial charge < -0.3 is 9.66 Å². The number of halogens is 3. The van der Waals surface area contributed by atoms with Gasteiger partial charge in [-0.2, -0.15) is 0 Å². The molecule has 0 aliphatic heterocycles. The maximum atomic E-state index is 13.7. The summed E-state index contributed by atoms with van der Waals surface area (Å²) in [5.74, 6) is -0.356. The second-order valence-corrected chi connectivity index (χ2v) is 8.28. The molecule has 1 N–H and O–H groups in total. The molecular formula is C19H17F3N2O4S. The summed E-state index contributed by atoms with van der Waals surface area (Å²) in [6.45, 7) is 1.15. The van der Waals surface area contributed by atoms with E-state index in [0.717, 1.165) is 36.8 Å². The first-order valence-electron chi connectivity index (χ1n) is 8.48. The predicted molar refractivity (Wildman–Crippen MR) is 103 cm³/mol. The topological polar surface area (TPSA) is 91.4 Å². The van der Waals surface area contributed by atoms with Crippen molar-refractivity contribution < 1.29 is 27.8 Å². The first-order chi connectivity index (χ1) is 13.5. The lowest BCUT2D eigenvalue weighted by Crippen LogP contribution is -2.36. The second-order valence-electron chi connectivity index (χ2n) is 6.82. The Bertz CT molecular complexity index is 1040. The summed E-state index contributed by atoms with van der Waals surface area (Å²) in [6.07, 6.45) is -4.88. The van der Waals surface area contributed by atoms with Gasteiger partial charge in [-0.3, -0.25) is 14.7 Å². The molecule has 0 aliphatic carbocycles. The van der Waals surface area contributed by atoms with Crippen molar-refractivity contribution in [3.8, 4) is 0 Å². The van der Waals surface area contributed by atoms with Crippen molar-refractivity contribution in [2.24, 2.45) is 0 Å². The molecule has 10 heteroatoms. The average Bonchev–Trinajstić information content (AvgIpc) is 3.02. The van der Waals surface area contributed by atoms with E-state index in [1.54, 1.807) is 30.3 Å². The molecule has 0 fully saturated rings. The molecule has 1 aromatic heterocycles. The standard InChI is InChI=1S/C19H17F3N2O4S/c1-18(25,12-29(28)11-13-5-3-2-4-6-13)17-10-14-9-15(24(26)27)7-8-16(14)23(17)19(20,21)22/h2-10,25H,11-12H2,1H3. The van der Waals surface area contributed by atoms with Crippen LogP contribution in [-0.2, 0) is 28.8 Å². The van der Waals surface area contributed by atoms with E-state index in [1.165, 1.54) is 0 Å². The normalized spacial score (nSPS) is 15.2. The van der Waals surface area contributed by atoms with Crippen LogP contribution in [0, 0.1) is 10.1 Å². The number of non-ortho nitro benzene ring substituents is 1. The first-order valence-corrected chi connectivity index (χ1v) is 9.97. The van der Waals surface area contributed by atoms with Crippen LogP contribution in [0.15, 0.2) is 54.6 Å². The zero-order chi connectivity index (χ0) is 21.4. The quantitative estimate of drug-likeness (QED) is 0.364. The Labute approximate surface area is 166 Å². The Morgan fingerprint density at radius 3 is 2.38 bits per heavy atom. The summed E-state index contributed by atoms with van der Waals surface area (Å²) in [7, 11) is 0. The van der Waals surface area contributed by atoms with Gasteiger partial charge in [0.2, 0.25) is 0 Å². The number of aliphatic hydroxyl groups is 1. The lowest BCUT2D eigenvalue weighted by Gasteiger charge is -2.27. The highest BCUT2D eigenvalue weighted by Crippen LogP contribution is 2.38. The van der Waals surface area contributed by atoms with Crippen molar-refractivity contribution >= 4 is 27.8 Å². The van der Waals surface area contributed by atoms with E-state index < -0.39 is 39.4 Å². The van der Waals surface area contributed by atoms with E-state index in [0.29, 0.717) is 0 Å². The van der Waals surface area contributed by atoms with Gasteiger partial charge in [0, 0.05) is 23.1 Å². The molecule has 2 unspecified atom stereocenters. The number of aromatic nitrogens is 1. The van der Waals surface area contributed by atoms with Crippen molar-refractivity contribution in [1.82, 2.24) is 4.57 Å². The van der Waals surface area contributed by atoms with Crippen molar-refractivity contribution in [1.29, 1.82) is 0 Å². The zero-order valence-corrected chi connectivity index (χ0v) is 16.0. The van der Waals surface area contributed by atoms with Crippen LogP contribution in [-0.4, -0.2) is 24.9 Å². The molecule has 0 aliphatic rings. The van der Waals surface area contributed by atoms with Crippen LogP contribution < -0.4 is 0 Å². The maximum absolute atomic E-state index is 13.7. The SMILES string of the molecule is CC(O)(C[S+]([O-])Cc1ccccc1)c1cc2cc([N+](=O)[O-])ccc2n1C(F)(F)F. The highest BCUT2D eigenvalue weighted by atomic mass is 32.2. The second kappa shape index (κ2) is 7.69. The number of alkyl halides is 3. The largest absolute Gasteiger partial charge is 0.616 e. The fourth-order valence-corrected chi connectivity index (χ4v) is 4.63. The summed E-state index contributed by atoms with van der Waals surface area (Å²) in [5.41, 5.74) is -2.57. The smallest absolute Gasteiger partial charge is 0.489 e. The van der Waals surface area contributed by atoms with Crippen LogP contribution in [0.25, 0.3) is 10.9 Å². The molecule has 2 aromatic carbocycles. The summed E-state index contributed by atoms with van der Waals surface area (Å²) >= 11 is -1.65. The van der Waals surface area contributed by atoms with E-state index in [2.05, 4.69) is 0 Å². The van der Waals surface area contributed by atoms with Crippen LogP contribution in [0.2, 0.25) is 0 Å². The third-order valence-electron chi connectivity index (χ3n) is 4.41. The van der Waals surface area contributed by atoms with Crippen molar-refractivity contribution in [2.75, 3.05) is 5.75 Å². The first kappa shape index (κ1) is 21.2. The van der Waals surface area contributed by atoms with E-state index in [-0.39, 0.29) is 26.9 Å². The van der Waals surface area contributed by atoms with Crippen LogP contribution in [0.5, 0.6) is 0 Å². The molecule has 0 saturated carbocycles. The fourth-order valence-electron chi connectivity index (χ4n) is 3.18. The third kappa shape index (κ3) is 4.55. The Balaban J connectivity index is 2.00. The minimum absolute atomic E-state index is 0.0220. The van der Waals surface area contributed by atoms with Gasteiger partial charge >= 0.3 is 6.30 Å². The lowest BCUT2D eigenvalue weighted by atomic mass is 10.1. The predicted octanol–water partition coefficient (Wildman–Crippen LogP) is 4.18. The molecule has 29 heavy (non-hydrogen) atoms. The lowest BCUT2D eigenvalue weighted by molar-refractivity contribution is -0.384. The number of hydrogen-bond acceptors (Lipinski definition) is 4. The van der Waals surface area contributed by atoms with Gasteiger partial charge in [-0.1, -0.05) is 30.3 Å². The third-order valence-corrected chi connectivity index (χ3v) is 5.95. The van der Waals surface area contributed by atoms with Gasteiger partial charge in [0.15, 0.2) is 0 Å². The molecule has 0 saturated heterocycles. The summed E-state index contributed by atoms with van der Waals surface area (Å²) in [4.78, 5) is 10.2. The molecule has 0 amide bonds. The van der Waals surface area contributed by atoms with Crippen LogP contribution in [0.4, 0.5) is 18.9 Å². The Morgan fingerprint density at radius 2 is 1.79 bits per heavy atom. The molecule has 2 atom stereocenters. The number of benzene rings is 2. The van der Waals surface area contributed by atoms with Gasteiger partial charge in [-0.15, -0.1) is 13.2 Å². The number of nitro benzene ring substituents is 1. The van der Waals surface area contributed by atoms with E-state index >= 15 is 0 Å². The summed E-state index contributed by atoms with van der Waals surface area (Å²) in [5, 5.41) is 21.7. The Hall–Kier alpha value is -2.56. The molecular weight excluding hydrogens is 409 g/mol. The maximum Gasteiger partial charge on any atom is 0.489 e. The summed E-state index contributed by atoms with van der Waals surface area (Å²) < 4.78 is 53.7. The van der Waals surface area contributed by atoms with Crippen molar-refractivity contribution in [2.45, 2.75) is 24.6 Å². The molecule has 6 nitrogen and oxygen atoms in total. The molecule has 154 valence electrons. The van der Waals surface area contributed by atoms with Gasteiger partial charge in [0.1, 0.15) is 17.1 Å². The Kier molecular flexibility index (Phi) is 5.61. The highest BCUT2D eigenvalue weighted by Gasteiger charge is 2.42. The van der Waals surface area contributed by atoms with Crippen molar-refractivity contribution in [3.63, 3.8) is 0 Å². The van der Waals surface area contributed by atoms with Crippen LogP contribution in [0.1, 0.15) is 18.2 Å². The number of nitro groups is 1. The molecule has 3 rings (SSSR count). The number of fused-ring (bicyclic) bond motifs is 1. The monoisotopic (exact) mass is 426 g/mol. The molecule has 3 aromatic rings. The summed E-state index contributed by atoms with van der Waals surface area (Å²) in [6, 6.07) is 12.8. The fraction of sp³-hybridized carbons (Fsp3) is 0.263. The number of nitrogens with zero attached hydrogens (tertiary/aromatic N) is 2. The Morgan fingerprint density at radius 1 is 1.14 bits per heavy atom. The van der Waals surface area contributed by atoms with Crippen molar-refractivity contribution in [3.05, 3.63) is 76.0 Å². The molecule has 0 radical (unpaired) electrons. The van der Waals surface area contributed by atoms with Crippen LogP contribution in [0.3, 0.4) is 0 Å².